The van der Waals surface area contributed by atoms with Crippen LogP contribution in [0.4, 0.5) is 10.6 Å². The van der Waals surface area contributed by atoms with Gasteiger partial charge in [-0.15, -0.1) is 0 Å². The molecule has 0 aliphatic rings. The fourth-order valence-electron chi connectivity index (χ4n) is 1.27. The van der Waals surface area contributed by atoms with Crippen LogP contribution in [0, 0.1) is 0 Å². The average Bonchev–Trinajstić information content (AvgIpc) is 2.13. The van der Waals surface area contributed by atoms with Crippen LogP contribution in [0.2, 0.25) is 5.02 Å². The number of hydrogen-bond donors (Lipinski definition) is 1. The highest BCUT2D eigenvalue weighted by molar-refractivity contribution is 6.34. The highest BCUT2D eigenvalue weighted by Gasteiger charge is 2.20. The molecule has 0 aromatic carbocycles. The number of aromatic nitrogens is 1. The lowest BCUT2D eigenvalue weighted by Crippen LogP contribution is -2.28. The lowest BCUT2D eigenvalue weighted by molar-refractivity contribution is 0.0635. The van der Waals surface area contributed by atoms with Crippen LogP contribution in [0.15, 0.2) is 12.3 Å². The van der Waals surface area contributed by atoms with Crippen molar-refractivity contribution in [2.75, 3.05) is 5.32 Å². The van der Waals surface area contributed by atoms with Gasteiger partial charge < -0.3 is 4.74 Å². The lowest BCUT2D eigenvalue weighted by Gasteiger charge is -2.20. The zero-order chi connectivity index (χ0) is 13.9. The van der Waals surface area contributed by atoms with Gasteiger partial charge in [-0.3, -0.25) is 10.1 Å². The van der Waals surface area contributed by atoms with Crippen molar-refractivity contribution in [3.63, 3.8) is 0 Å². The number of nitrogens with one attached hydrogen (secondary N) is 1. The van der Waals surface area contributed by atoms with Crippen molar-refractivity contribution < 1.29 is 14.3 Å². The maximum Gasteiger partial charge on any atom is 0.413 e. The summed E-state index contributed by atoms with van der Waals surface area (Å²) in [5.74, 6) is -0.177. The quantitative estimate of drug-likeness (QED) is 0.838. The third kappa shape index (κ3) is 4.00. The smallest absolute Gasteiger partial charge is 0.413 e. The van der Waals surface area contributed by atoms with Crippen molar-refractivity contribution in [3.8, 4) is 0 Å². The van der Waals surface area contributed by atoms with Gasteiger partial charge in [-0.2, -0.15) is 0 Å². The van der Waals surface area contributed by atoms with Crippen molar-refractivity contribution in [2.45, 2.75) is 33.3 Å². The molecule has 98 valence electrons. The maximum absolute atomic E-state index is 11.6. The molecule has 0 aliphatic heterocycles. The van der Waals surface area contributed by atoms with E-state index in [0.29, 0.717) is 0 Å². The van der Waals surface area contributed by atoms with Crippen molar-refractivity contribution >= 4 is 29.3 Å². The first kappa shape index (κ1) is 14.4. The number of carbonyl (C=O) groups is 2. The SMILES string of the molecule is CC(=O)c1c(Cl)ccnc1NC(=O)OC(C)(C)C. The van der Waals surface area contributed by atoms with Crippen LogP contribution in [0.5, 0.6) is 0 Å². The summed E-state index contributed by atoms with van der Waals surface area (Å²) in [5, 5.41) is 2.65. The molecule has 0 spiro atoms. The summed E-state index contributed by atoms with van der Waals surface area (Å²) in [6.45, 7) is 6.57. The topological polar surface area (TPSA) is 68.3 Å². The van der Waals surface area contributed by atoms with Gasteiger partial charge in [0.15, 0.2) is 5.78 Å². The maximum atomic E-state index is 11.6. The minimum atomic E-state index is -0.681. The number of nitrogens with zero attached hydrogens (tertiary/aromatic N) is 1. The summed E-state index contributed by atoms with van der Waals surface area (Å²) in [6, 6.07) is 1.48. The van der Waals surface area contributed by atoms with E-state index in [4.69, 9.17) is 16.3 Å². The Morgan fingerprint density at radius 2 is 2.00 bits per heavy atom. The number of Topliss-reactive ketones (excluding diaryl/α,β-unsaturated/α-hetero) is 1. The van der Waals surface area contributed by atoms with Gasteiger partial charge in [-0.1, -0.05) is 11.6 Å². The normalized spacial score (nSPS) is 10.9. The van der Waals surface area contributed by atoms with Crippen LogP contribution in [-0.4, -0.2) is 22.5 Å². The molecule has 1 aromatic rings. The van der Waals surface area contributed by atoms with E-state index in [0.717, 1.165) is 0 Å². The summed E-state index contributed by atoms with van der Waals surface area (Å²) in [5.41, 5.74) is -0.455. The molecule has 0 unspecified atom stereocenters. The molecule has 1 rings (SSSR count). The Morgan fingerprint density at radius 3 is 2.50 bits per heavy atom. The van der Waals surface area contributed by atoms with Gasteiger partial charge in [0.05, 0.1) is 10.6 Å². The second kappa shape index (κ2) is 5.35. The summed E-state index contributed by atoms with van der Waals surface area (Å²) < 4.78 is 5.07. The largest absolute Gasteiger partial charge is 0.444 e. The van der Waals surface area contributed by atoms with Crippen molar-refractivity contribution in [3.05, 3.63) is 22.8 Å². The van der Waals surface area contributed by atoms with Gasteiger partial charge in [0.2, 0.25) is 0 Å². The summed E-state index contributed by atoms with van der Waals surface area (Å²) in [6.07, 6.45) is 0.723. The molecule has 5 nitrogen and oxygen atoms in total. The first-order chi connectivity index (χ1) is 8.20. The molecule has 1 N–H and O–H groups in total. The van der Waals surface area contributed by atoms with Gasteiger partial charge in [0.25, 0.3) is 0 Å². The molecule has 0 fully saturated rings. The monoisotopic (exact) mass is 270 g/mol. The number of amides is 1. The predicted molar refractivity (Wildman–Crippen MR) is 69.1 cm³/mol. The molecular formula is C12H15ClN2O3. The zero-order valence-corrected chi connectivity index (χ0v) is 11.5. The first-order valence-corrected chi connectivity index (χ1v) is 5.74. The Kier molecular flexibility index (Phi) is 4.29. The van der Waals surface area contributed by atoms with Gasteiger partial charge in [-0.05, 0) is 33.8 Å². The number of halogens is 1. The van der Waals surface area contributed by atoms with E-state index < -0.39 is 11.7 Å². The van der Waals surface area contributed by atoms with Gasteiger partial charge in [-0.25, -0.2) is 9.78 Å². The van der Waals surface area contributed by atoms with Crippen LogP contribution in [-0.2, 0) is 4.74 Å². The third-order valence-corrected chi connectivity index (χ3v) is 2.19. The highest BCUT2D eigenvalue weighted by atomic mass is 35.5. The van der Waals surface area contributed by atoms with E-state index >= 15 is 0 Å². The Balaban J connectivity index is 2.95. The number of ketones is 1. The van der Waals surface area contributed by atoms with Gasteiger partial charge >= 0.3 is 6.09 Å². The van der Waals surface area contributed by atoms with E-state index in [-0.39, 0.29) is 22.2 Å². The molecule has 0 bridgehead atoms. The number of rotatable bonds is 2. The molecule has 0 saturated carbocycles. The van der Waals surface area contributed by atoms with E-state index in [1.165, 1.54) is 19.2 Å². The Hall–Kier alpha value is -1.62. The molecule has 18 heavy (non-hydrogen) atoms. The molecule has 6 heteroatoms. The molecule has 0 aliphatic carbocycles. The number of ether oxygens (including phenoxy) is 1. The van der Waals surface area contributed by atoms with E-state index in [1.807, 2.05) is 0 Å². The molecule has 1 aromatic heterocycles. The lowest BCUT2D eigenvalue weighted by atomic mass is 10.2. The minimum Gasteiger partial charge on any atom is -0.444 e. The molecule has 1 amide bonds. The van der Waals surface area contributed by atoms with Crippen molar-refractivity contribution in [1.29, 1.82) is 0 Å². The molecule has 0 saturated heterocycles. The highest BCUT2D eigenvalue weighted by Crippen LogP contribution is 2.23. The van der Waals surface area contributed by atoms with E-state index in [2.05, 4.69) is 10.3 Å². The second-order valence-corrected chi connectivity index (χ2v) is 5.11. The third-order valence-electron chi connectivity index (χ3n) is 1.87. The van der Waals surface area contributed by atoms with Crippen LogP contribution in [0.3, 0.4) is 0 Å². The fraction of sp³-hybridized carbons (Fsp3) is 0.417. The molecule has 1 heterocycles. The number of pyridine rings is 1. The van der Waals surface area contributed by atoms with Crippen molar-refractivity contribution in [2.24, 2.45) is 0 Å². The Morgan fingerprint density at radius 1 is 1.39 bits per heavy atom. The van der Waals surface area contributed by atoms with Crippen molar-refractivity contribution in [1.82, 2.24) is 4.98 Å². The standard InChI is InChI=1S/C12H15ClN2O3/c1-7(16)9-8(13)5-6-14-10(9)15-11(17)18-12(2,3)4/h5-6H,1-4H3,(H,14,15,17). The second-order valence-electron chi connectivity index (χ2n) is 4.70. The molecule has 0 atom stereocenters. The number of anilines is 1. The summed E-state index contributed by atoms with van der Waals surface area (Å²) in [7, 11) is 0. The number of carbonyl (C=O) groups excluding carboxylic acids is 2. The van der Waals surface area contributed by atoms with Gasteiger partial charge in [0, 0.05) is 6.20 Å². The summed E-state index contributed by atoms with van der Waals surface area (Å²) >= 11 is 5.89. The summed E-state index contributed by atoms with van der Waals surface area (Å²) in [4.78, 5) is 26.9. The number of hydrogen-bond acceptors (Lipinski definition) is 4. The van der Waals surface area contributed by atoms with Crippen LogP contribution < -0.4 is 5.32 Å². The van der Waals surface area contributed by atoms with E-state index in [1.54, 1.807) is 20.8 Å². The Bertz CT molecular complexity index is 481. The first-order valence-electron chi connectivity index (χ1n) is 5.36. The van der Waals surface area contributed by atoms with Crippen LogP contribution >= 0.6 is 11.6 Å². The fourth-order valence-corrected chi connectivity index (χ4v) is 1.55. The molecular weight excluding hydrogens is 256 g/mol. The Labute approximate surface area is 110 Å². The van der Waals surface area contributed by atoms with Crippen LogP contribution in [0.1, 0.15) is 38.1 Å². The van der Waals surface area contributed by atoms with Gasteiger partial charge in [0.1, 0.15) is 11.4 Å². The predicted octanol–water partition coefficient (Wildman–Crippen LogP) is 3.28. The molecule has 0 radical (unpaired) electrons. The average molecular weight is 271 g/mol. The van der Waals surface area contributed by atoms with E-state index in [9.17, 15) is 9.59 Å². The van der Waals surface area contributed by atoms with Crippen LogP contribution in [0.25, 0.3) is 0 Å². The minimum absolute atomic E-state index is 0.101. The zero-order valence-electron chi connectivity index (χ0n) is 10.7.